The summed E-state index contributed by atoms with van der Waals surface area (Å²) in [5.41, 5.74) is 1.09. The number of nitrogens with zero attached hydrogens (tertiary/aromatic N) is 1. The summed E-state index contributed by atoms with van der Waals surface area (Å²) in [6.45, 7) is 0. The Bertz CT molecular complexity index is 883. The van der Waals surface area contributed by atoms with Gasteiger partial charge in [-0.2, -0.15) is 5.10 Å². The van der Waals surface area contributed by atoms with Crippen LogP contribution >= 0.6 is 7.60 Å². The molecule has 6 N–H and O–H groups in total. The third-order valence-corrected chi connectivity index (χ3v) is 10.0. The molecule has 0 aliphatic heterocycles. The molecule has 238 valence electrons. The second-order valence-corrected chi connectivity index (χ2v) is 14.1. The van der Waals surface area contributed by atoms with Crippen molar-refractivity contribution in [3.63, 3.8) is 0 Å². The topological polar surface area (TPSA) is 158 Å². The van der Waals surface area contributed by atoms with Gasteiger partial charge in [0.25, 0.3) is 0 Å². The molecule has 0 heterocycles. The summed E-state index contributed by atoms with van der Waals surface area (Å²) in [6.07, 6.45) is 29.9. The van der Waals surface area contributed by atoms with Gasteiger partial charge < -0.3 is 30.1 Å². The Morgan fingerprint density at radius 2 is 1.00 bits per heavy atom. The van der Waals surface area contributed by atoms with Gasteiger partial charge in [-0.3, -0.25) is 5.43 Å². The first-order valence-electron chi connectivity index (χ1n) is 16.7. The number of hydrogen-bond donors (Lipinski definition) is 4. The molecule has 0 amide bonds. The zero-order valence-corrected chi connectivity index (χ0v) is 26.4. The fourth-order valence-electron chi connectivity index (χ4n) is 6.93. The summed E-state index contributed by atoms with van der Waals surface area (Å²) in [4.78, 5) is 31.5. The molecule has 4 saturated carbocycles. The van der Waals surface area contributed by atoms with Gasteiger partial charge in [0.2, 0.25) is 0 Å². The first-order valence-corrected chi connectivity index (χ1v) is 18.2. The van der Waals surface area contributed by atoms with Gasteiger partial charge in [0, 0.05) is 0 Å². The van der Waals surface area contributed by atoms with Crippen molar-refractivity contribution in [3.05, 3.63) is 30.3 Å². The maximum Gasteiger partial charge on any atom is 0.357 e. The van der Waals surface area contributed by atoms with Crippen molar-refractivity contribution in [3.8, 4) is 0 Å². The van der Waals surface area contributed by atoms with Crippen molar-refractivity contribution >= 4 is 24.7 Å². The molecular formula is C32H55N4O5P. The fraction of sp³-hybridized carbons (Fsp3) is 0.750. The van der Waals surface area contributed by atoms with Crippen molar-refractivity contribution in [2.24, 2.45) is 5.10 Å². The second kappa shape index (κ2) is 19.5. The summed E-state index contributed by atoms with van der Waals surface area (Å²) in [5, 5.41) is 16.9. The Kier molecular flexibility index (Phi) is 16.1. The minimum Gasteiger partial charge on any atom is -0.806 e. The number of carboxylic acid groups (broad SMARTS) is 1. The highest BCUT2D eigenvalue weighted by atomic mass is 31.2. The van der Waals surface area contributed by atoms with Crippen LogP contribution < -0.4 is 25.8 Å². The van der Waals surface area contributed by atoms with E-state index in [0.717, 1.165) is 24.2 Å². The predicted octanol–water partition coefficient (Wildman–Crippen LogP) is 3.84. The molecule has 0 atom stereocenters. The van der Waals surface area contributed by atoms with Crippen LogP contribution in [0.4, 0.5) is 5.69 Å². The number of carboxylic acids is 1. The van der Waals surface area contributed by atoms with Crippen LogP contribution in [0, 0.1) is 0 Å². The van der Waals surface area contributed by atoms with E-state index in [4.69, 9.17) is 5.11 Å². The molecule has 1 aromatic carbocycles. The first-order chi connectivity index (χ1) is 20.3. The first kappa shape index (κ1) is 34.7. The molecule has 0 bridgehead atoms. The highest BCUT2D eigenvalue weighted by molar-refractivity contribution is 7.71. The standard InChI is InChI=1S/2C12H23N.C8H9N2O5P/c2*1-3-7-11(8-4-1)13-12-9-5-2-6-10-12;11-8(12)7(16(13,14)15)10-9-6-4-2-1-3-5-6/h2*11-13H,1-10H2;1-5,9H,(H,11,12)(H2,13,14,15)/b;;10-7+. The minimum absolute atomic E-state index is 0.370. The fourth-order valence-corrected chi connectivity index (χ4v) is 7.34. The Morgan fingerprint density at radius 3 is 1.29 bits per heavy atom. The number of rotatable bonds is 8. The lowest BCUT2D eigenvalue weighted by atomic mass is 9.91. The molecular weight excluding hydrogens is 551 g/mol. The van der Waals surface area contributed by atoms with Crippen LogP contribution in [0.15, 0.2) is 35.4 Å². The number of hydrazone groups is 1. The molecule has 4 aliphatic carbocycles. The van der Waals surface area contributed by atoms with Crippen LogP contribution in [0.1, 0.15) is 128 Å². The number of nitrogens with one attached hydrogen (secondary N) is 1. The molecule has 0 aromatic heterocycles. The number of benzene rings is 1. The van der Waals surface area contributed by atoms with Crippen LogP contribution in [0.3, 0.4) is 0 Å². The monoisotopic (exact) mass is 606 g/mol. The third-order valence-electron chi connectivity index (χ3n) is 9.20. The van der Waals surface area contributed by atoms with E-state index in [1.165, 1.54) is 141 Å². The van der Waals surface area contributed by atoms with E-state index in [-0.39, 0.29) is 0 Å². The second-order valence-electron chi connectivity index (χ2n) is 12.7. The van der Waals surface area contributed by atoms with Gasteiger partial charge in [0.15, 0.2) is 5.45 Å². The molecule has 0 saturated heterocycles. The van der Waals surface area contributed by atoms with Crippen LogP contribution in [0.5, 0.6) is 0 Å². The Morgan fingerprint density at radius 1 is 0.667 bits per heavy atom. The summed E-state index contributed by atoms with van der Waals surface area (Å²) in [7, 11) is -5.38. The molecule has 4 aliphatic rings. The Balaban J connectivity index is 0.000000174. The van der Waals surface area contributed by atoms with E-state index in [9.17, 15) is 19.1 Å². The average Bonchev–Trinajstić information content (AvgIpc) is 3.00. The number of anilines is 1. The minimum atomic E-state index is -5.38. The van der Waals surface area contributed by atoms with Crippen molar-refractivity contribution in [1.29, 1.82) is 0 Å². The molecule has 4 fully saturated rings. The summed E-state index contributed by atoms with van der Waals surface area (Å²) >= 11 is 0. The van der Waals surface area contributed by atoms with Gasteiger partial charge in [-0.25, -0.2) is 4.79 Å². The summed E-state index contributed by atoms with van der Waals surface area (Å²) < 4.78 is 10.5. The van der Waals surface area contributed by atoms with Gasteiger partial charge in [-0.05, 0) is 122 Å². The van der Waals surface area contributed by atoms with Crippen molar-refractivity contribution in [2.75, 3.05) is 5.43 Å². The zero-order chi connectivity index (χ0) is 30.0. The number of nitrogens with two attached hydrogens (primary N) is 2. The predicted molar refractivity (Wildman–Crippen MR) is 164 cm³/mol. The quantitative estimate of drug-likeness (QED) is 0.200. The average molecular weight is 607 g/mol. The van der Waals surface area contributed by atoms with E-state index in [0.29, 0.717) is 5.69 Å². The molecule has 1 aromatic rings. The molecule has 42 heavy (non-hydrogen) atoms. The number of quaternary nitrogens is 2. The van der Waals surface area contributed by atoms with Crippen molar-refractivity contribution in [2.45, 2.75) is 153 Å². The summed E-state index contributed by atoms with van der Waals surface area (Å²) in [6, 6.07) is 12.0. The van der Waals surface area contributed by atoms with Gasteiger partial charge in [-0.15, -0.1) is 0 Å². The van der Waals surface area contributed by atoms with Crippen molar-refractivity contribution in [1.82, 2.24) is 0 Å². The Labute approximate surface area is 252 Å². The number of hydrogen-bond acceptors (Lipinski definition) is 6. The van der Waals surface area contributed by atoms with Crippen LogP contribution in [0.2, 0.25) is 0 Å². The highest BCUT2D eigenvalue weighted by Crippen LogP contribution is 2.26. The number of aliphatic carboxylic acids is 1. The maximum atomic E-state index is 10.5. The van der Waals surface area contributed by atoms with Crippen LogP contribution in [-0.4, -0.2) is 40.7 Å². The smallest absolute Gasteiger partial charge is 0.357 e. The van der Waals surface area contributed by atoms with Crippen LogP contribution in [0.25, 0.3) is 0 Å². The van der Waals surface area contributed by atoms with Gasteiger partial charge in [-0.1, -0.05) is 43.9 Å². The third kappa shape index (κ3) is 14.1. The van der Waals surface area contributed by atoms with E-state index in [1.54, 1.807) is 18.2 Å². The zero-order valence-electron chi connectivity index (χ0n) is 25.5. The molecule has 5 rings (SSSR count). The molecule has 0 radical (unpaired) electrons. The SMILES string of the molecule is C1CCC([NH2+]C2CCCCC2)CC1.C1CCC([NH2+]C2CCCCC2)CC1.O=C(O)/C(=N\Nc1ccccc1)P(=O)([O-])[O-]. The normalized spacial score (nSPS) is 21.8. The van der Waals surface area contributed by atoms with E-state index in [2.05, 4.69) is 21.2 Å². The molecule has 0 spiro atoms. The van der Waals surface area contributed by atoms with Crippen LogP contribution in [-0.2, 0) is 9.36 Å². The number of carbonyl (C=O) groups is 1. The molecule has 9 nitrogen and oxygen atoms in total. The Hall–Kier alpha value is -1.77. The lowest BCUT2D eigenvalue weighted by Crippen LogP contribution is -2.95. The summed E-state index contributed by atoms with van der Waals surface area (Å²) in [5.74, 6) is -1.89. The highest BCUT2D eigenvalue weighted by Gasteiger charge is 2.24. The van der Waals surface area contributed by atoms with E-state index < -0.39 is 19.0 Å². The molecule has 10 heteroatoms. The molecule has 0 unspecified atom stereocenters. The van der Waals surface area contributed by atoms with Gasteiger partial charge >= 0.3 is 5.97 Å². The van der Waals surface area contributed by atoms with Gasteiger partial charge in [0.1, 0.15) is 0 Å². The number of para-hydroxylation sites is 1. The van der Waals surface area contributed by atoms with Crippen molar-refractivity contribution < 1.29 is 34.9 Å². The largest absolute Gasteiger partial charge is 0.806 e. The maximum absolute atomic E-state index is 10.5. The lowest BCUT2D eigenvalue weighted by Gasteiger charge is -2.27. The van der Waals surface area contributed by atoms with E-state index >= 15 is 0 Å². The van der Waals surface area contributed by atoms with Gasteiger partial charge in [0.05, 0.1) is 29.9 Å². The van der Waals surface area contributed by atoms with E-state index in [1.807, 2.05) is 0 Å². The lowest BCUT2D eigenvalue weighted by molar-refractivity contribution is -0.726.